The van der Waals surface area contributed by atoms with Crippen molar-refractivity contribution in [1.82, 2.24) is 20.4 Å². The summed E-state index contributed by atoms with van der Waals surface area (Å²) in [5, 5.41) is 15.6. The Kier molecular flexibility index (Phi) is 8.74. The number of benzene rings is 2. The van der Waals surface area contributed by atoms with Crippen molar-refractivity contribution in [2.45, 2.75) is 51.1 Å². The molecule has 2 aliphatic rings. The van der Waals surface area contributed by atoms with E-state index in [0.29, 0.717) is 42.6 Å². The van der Waals surface area contributed by atoms with Crippen LogP contribution in [0, 0.1) is 18.3 Å². The summed E-state index contributed by atoms with van der Waals surface area (Å²) < 4.78 is 0. The summed E-state index contributed by atoms with van der Waals surface area (Å²) in [4.78, 5) is 30.5. The lowest BCUT2D eigenvalue weighted by Gasteiger charge is -2.36. The van der Waals surface area contributed by atoms with Gasteiger partial charge in [-0.05, 0) is 69.1 Å². The molecule has 7 heteroatoms. The lowest BCUT2D eigenvalue weighted by molar-refractivity contribution is -0.135. The molecule has 3 atom stereocenters. The molecule has 0 aromatic heterocycles. The Bertz CT molecular complexity index is 1070. The van der Waals surface area contributed by atoms with Crippen LogP contribution in [0.2, 0.25) is 0 Å². The lowest BCUT2D eigenvalue weighted by Crippen LogP contribution is -2.55. The van der Waals surface area contributed by atoms with Gasteiger partial charge in [0.15, 0.2) is 0 Å². The third-order valence-corrected chi connectivity index (χ3v) is 7.38. The topological polar surface area (TPSA) is 88.5 Å². The normalized spacial score (nSPS) is 20.4. The number of hydrogen-bond acceptors (Lipinski definition) is 5. The molecular formula is C29H37N5O2. The number of hydrogen-bond donors (Lipinski definition) is 2. The highest BCUT2D eigenvalue weighted by atomic mass is 16.2. The highest BCUT2D eigenvalue weighted by Gasteiger charge is 2.37. The zero-order valence-electron chi connectivity index (χ0n) is 21.4. The van der Waals surface area contributed by atoms with Crippen molar-refractivity contribution in [1.29, 1.82) is 5.26 Å². The van der Waals surface area contributed by atoms with E-state index in [1.54, 1.807) is 24.3 Å². The van der Waals surface area contributed by atoms with Gasteiger partial charge >= 0.3 is 0 Å². The van der Waals surface area contributed by atoms with E-state index in [0.717, 1.165) is 39.0 Å². The second-order valence-electron chi connectivity index (χ2n) is 9.93. The molecule has 1 saturated carbocycles. The SMILES string of the molecule is CCN1CCN(C(=O)[C@H](CCCN[C@@H]2C[C@H]2c2ccc(C)cc2)NC(=O)c2ccc(C#N)cc2)CC1. The van der Waals surface area contributed by atoms with Crippen LogP contribution in [0.15, 0.2) is 48.5 Å². The first kappa shape index (κ1) is 25.9. The molecule has 1 heterocycles. The van der Waals surface area contributed by atoms with E-state index in [1.807, 2.05) is 4.90 Å². The molecular weight excluding hydrogens is 450 g/mol. The summed E-state index contributed by atoms with van der Waals surface area (Å²) in [7, 11) is 0. The van der Waals surface area contributed by atoms with Crippen LogP contribution in [-0.2, 0) is 4.79 Å². The summed E-state index contributed by atoms with van der Waals surface area (Å²) in [5.41, 5.74) is 3.62. The number of likely N-dealkylation sites (N-methyl/N-ethyl adjacent to an activating group) is 1. The molecule has 4 rings (SSSR count). The van der Waals surface area contributed by atoms with Crippen LogP contribution in [0.4, 0.5) is 0 Å². The Balaban J connectivity index is 1.31. The quantitative estimate of drug-likeness (QED) is 0.503. The fourth-order valence-corrected chi connectivity index (χ4v) is 4.90. The highest BCUT2D eigenvalue weighted by Crippen LogP contribution is 2.40. The van der Waals surface area contributed by atoms with Gasteiger partial charge < -0.3 is 20.4 Å². The molecule has 0 bridgehead atoms. The molecule has 36 heavy (non-hydrogen) atoms. The van der Waals surface area contributed by atoms with Crippen LogP contribution in [0.1, 0.15) is 59.2 Å². The Morgan fingerprint density at radius 3 is 2.39 bits per heavy atom. The van der Waals surface area contributed by atoms with E-state index in [2.05, 4.69) is 59.7 Å². The van der Waals surface area contributed by atoms with Crippen LogP contribution in [0.3, 0.4) is 0 Å². The average Bonchev–Trinajstić information content (AvgIpc) is 3.70. The minimum absolute atomic E-state index is 0.00305. The number of nitrogens with one attached hydrogen (secondary N) is 2. The third-order valence-electron chi connectivity index (χ3n) is 7.38. The Morgan fingerprint density at radius 1 is 1.06 bits per heavy atom. The molecule has 2 aromatic rings. The van der Waals surface area contributed by atoms with Crippen molar-refractivity contribution in [3.8, 4) is 6.07 Å². The molecule has 0 spiro atoms. The molecule has 2 fully saturated rings. The highest BCUT2D eigenvalue weighted by molar-refractivity contribution is 5.97. The molecule has 2 aromatic carbocycles. The predicted octanol–water partition coefficient (Wildman–Crippen LogP) is 3.06. The zero-order valence-corrected chi connectivity index (χ0v) is 21.4. The molecule has 0 radical (unpaired) electrons. The van der Waals surface area contributed by atoms with E-state index in [9.17, 15) is 9.59 Å². The first-order valence-corrected chi connectivity index (χ1v) is 13.1. The standard InChI is InChI=1S/C29H37N5O2/c1-3-33-15-17-34(18-16-33)29(36)26(32-28(35)24-12-8-22(20-30)9-13-24)5-4-14-31-27-19-25(27)23-10-6-21(2)7-11-23/h6-13,25-27,31H,3-5,14-19H2,1-2H3,(H,32,35)/t25-,26-,27+/m0/s1. The summed E-state index contributed by atoms with van der Waals surface area (Å²) in [6.45, 7) is 9.14. The van der Waals surface area contributed by atoms with E-state index in [-0.39, 0.29) is 11.8 Å². The van der Waals surface area contributed by atoms with Gasteiger partial charge in [0.1, 0.15) is 6.04 Å². The monoisotopic (exact) mass is 487 g/mol. The summed E-state index contributed by atoms with van der Waals surface area (Å²) in [6.07, 6.45) is 2.53. The van der Waals surface area contributed by atoms with Gasteiger partial charge in [0, 0.05) is 43.7 Å². The van der Waals surface area contributed by atoms with Crippen LogP contribution in [-0.4, -0.2) is 73.0 Å². The van der Waals surface area contributed by atoms with Crippen molar-refractivity contribution in [2.75, 3.05) is 39.3 Å². The fraction of sp³-hybridized carbons (Fsp3) is 0.483. The molecule has 0 unspecified atom stereocenters. The molecule has 1 aliphatic heterocycles. The maximum absolute atomic E-state index is 13.4. The van der Waals surface area contributed by atoms with Gasteiger partial charge in [-0.25, -0.2) is 0 Å². The van der Waals surface area contributed by atoms with Crippen molar-refractivity contribution in [3.63, 3.8) is 0 Å². The molecule has 1 aliphatic carbocycles. The summed E-state index contributed by atoms with van der Waals surface area (Å²) in [5.74, 6) is 0.283. The van der Waals surface area contributed by atoms with E-state index in [4.69, 9.17) is 5.26 Å². The predicted molar refractivity (Wildman–Crippen MR) is 141 cm³/mol. The number of amides is 2. The maximum Gasteiger partial charge on any atom is 0.251 e. The molecule has 7 nitrogen and oxygen atoms in total. The summed E-state index contributed by atoms with van der Waals surface area (Å²) >= 11 is 0. The second kappa shape index (κ2) is 12.2. The maximum atomic E-state index is 13.4. The van der Waals surface area contributed by atoms with Crippen molar-refractivity contribution in [3.05, 3.63) is 70.8 Å². The Labute approximate surface area is 214 Å². The number of piperazine rings is 1. The van der Waals surface area contributed by atoms with Gasteiger partial charge in [-0.1, -0.05) is 36.8 Å². The number of carbonyl (C=O) groups is 2. The van der Waals surface area contributed by atoms with E-state index < -0.39 is 6.04 Å². The van der Waals surface area contributed by atoms with Crippen LogP contribution in [0.5, 0.6) is 0 Å². The van der Waals surface area contributed by atoms with Gasteiger partial charge in [-0.15, -0.1) is 0 Å². The zero-order chi connectivity index (χ0) is 25.5. The number of aryl methyl sites for hydroxylation is 1. The first-order valence-electron chi connectivity index (χ1n) is 13.1. The second-order valence-corrected chi connectivity index (χ2v) is 9.93. The van der Waals surface area contributed by atoms with Gasteiger partial charge in [0.05, 0.1) is 11.6 Å². The van der Waals surface area contributed by atoms with E-state index >= 15 is 0 Å². The van der Waals surface area contributed by atoms with Gasteiger partial charge in [0.2, 0.25) is 5.91 Å². The average molecular weight is 488 g/mol. The number of nitrogens with zero attached hydrogens (tertiary/aromatic N) is 3. The lowest BCUT2D eigenvalue weighted by atomic mass is 10.1. The molecule has 2 amide bonds. The smallest absolute Gasteiger partial charge is 0.251 e. The number of carbonyl (C=O) groups excluding carboxylic acids is 2. The number of nitriles is 1. The minimum atomic E-state index is -0.560. The molecule has 2 N–H and O–H groups in total. The van der Waals surface area contributed by atoms with Crippen molar-refractivity contribution in [2.24, 2.45) is 0 Å². The Morgan fingerprint density at radius 2 is 1.75 bits per heavy atom. The van der Waals surface area contributed by atoms with Crippen molar-refractivity contribution < 1.29 is 9.59 Å². The van der Waals surface area contributed by atoms with Gasteiger partial charge in [-0.2, -0.15) is 5.26 Å². The largest absolute Gasteiger partial charge is 0.340 e. The van der Waals surface area contributed by atoms with Crippen LogP contribution in [0.25, 0.3) is 0 Å². The number of rotatable bonds is 10. The Hall–Kier alpha value is -3.21. The van der Waals surface area contributed by atoms with Crippen molar-refractivity contribution >= 4 is 11.8 Å². The third kappa shape index (κ3) is 6.71. The molecule has 190 valence electrons. The van der Waals surface area contributed by atoms with Gasteiger partial charge in [-0.3, -0.25) is 9.59 Å². The van der Waals surface area contributed by atoms with E-state index in [1.165, 1.54) is 11.1 Å². The van der Waals surface area contributed by atoms with Gasteiger partial charge in [0.25, 0.3) is 5.91 Å². The summed E-state index contributed by atoms with van der Waals surface area (Å²) in [6, 6.07) is 17.3. The first-order chi connectivity index (χ1) is 17.5. The fourth-order valence-electron chi connectivity index (χ4n) is 4.90. The van der Waals surface area contributed by atoms with Crippen LogP contribution < -0.4 is 10.6 Å². The van der Waals surface area contributed by atoms with Crippen LogP contribution >= 0.6 is 0 Å². The molecule has 1 saturated heterocycles. The minimum Gasteiger partial charge on any atom is -0.340 e.